The minimum atomic E-state index is -1.66. The van der Waals surface area contributed by atoms with Crippen molar-refractivity contribution in [2.75, 3.05) is 5.32 Å². The van der Waals surface area contributed by atoms with Crippen molar-refractivity contribution in [1.29, 1.82) is 0 Å². The highest BCUT2D eigenvalue weighted by Gasteiger charge is 2.18. The number of aliphatic hydroxyl groups is 2. The SMILES string of the molecule is CC(C)(C)OC(=O)Nc1cc(Br)ccc1C(O)O. The molecule has 0 bridgehead atoms. The number of amides is 1. The maximum absolute atomic E-state index is 11.6. The number of carbonyl (C=O) groups is 1. The summed E-state index contributed by atoms with van der Waals surface area (Å²) in [5, 5.41) is 20.9. The van der Waals surface area contributed by atoms with Gasteiger partial charge in [0.2, 0.25) is 0 Å². The molecule has 0 aromatic heterocycles. The first-order valence-corrected chi connectivity index (χ1v) is 6.14. The van der Waals surface area contributed by atoms with Gasteiger partial charge >= 0.3 is 6.09 Å². The molecule has 0 saturated carbocycles. The van der Waals surface area contributed by atoms with Crippen LogP contribution in [0.4, 0.5) is 10.5 Å². The predicted octanol–water partition coefficient (Wildman–Crippen LogP) is 2.78. The van der Waals surface area contributed by atoms with Gasteiger partial charge in [-0.25, -0.2) is 4.79 Å². The molecule has 0 saturated heterocycles. The van der Waals surface area contributed by atoms with E-state index in [4.69, 9.17) is 4.74 Å². The van der Waals surface area contributed by atoms with E-state index in [2.05, 4.69) is 21.2 Å². The molecule has 0 aliphatic heterocycles. The maximum atomic E-state index is 11.6. The fourth-order valence-corrected chi connectivity index (χ4v) is 1.64. The first-order valence-electron chi connectivity index (χ1n) is 5.34. The molecule has 0 aliphatic rings. The van der Waals surface area contributed by atoms with Crippen molar-refractivity contribution in [3.05, 3.63) is 28.2 Å². The zero-order chi connectivity index (χ0) is 13.9. The van der Waals surface area contributed by atoms with Gasteiger partial charge in [0, 0.05) is 10.0 Å². The number of benzene rings is 1. The topological polar surface area (TPSA) is 78.8 Å². The number of halogens is 1. The van der Waals surface area contributed by atoms with Crippen molar-refractivity contribution in [1.82, 2.24) is 0 Å². The van der Waals surface area contributed by atoms with Gasteiger partial charge in [-0.2, -0.15) is 0 Å². The standard InChI is InChI=1S/C12H16BrNO4/c1-12(2,3)18-11(17)14-9-6-7(13)4-5-8(9)10(15)16/h4-6,10,15-16H,1-3H3,(H,14,17). The lowest BCUT2D eigenvalue weighted by Crippen LogP contribution is -2.27. The van der Waals surface area contributed by atoms with Gasteiger partial charge in [-0.3, -0.25) is 5.32 Å². The summed E-state index contributed by atoms with van der Waals surface area (Å²) in [5.41, 5.74) is -0.133. The molecule has 1 amide bonds. The number of carbonyl (C=O) groups excluding carboxylic acids is 1. The van der Waals surface area contributed by atoms with Crippen molar-refractivity contribution < 1.29 is 19.7 Å². The molecule has 6 heteroatoms. The van der Waals surface area contributed by atoms with E-state index < -0.39 is 18.0 Å². The number of aliphatic hydroxyl groups excluding tert-OH is 1. The molecule has 0 heterocycles. The molecular formula is C12H16BrNO4. The summed E-state index contributed by atoms with van der Waals surface area (Å²) < 4.78 is 5.79. The van der Waals surface area contributed by atoms with E-state index >= 15 is 0 Å². The second kappa shape index (κ2) is 5.69. The molecule has 0 fully saturated rings. The Morgan fingerprint density at radius 3 is 2.50 bits per heavy atom. The summed E-state index contributed by atoms with van der Waals surface area (Å²) in [5.74, 6) is 0. The molecule has 100 valence electrons. The molecule has 0 atom stereocenters. The average molecular weight is 318 g/mol. The van der Waals surface area contributed by atoms with Crippen molar-refractivity contribution in [3.63, 3.8) is 0 Å². The summed E-state index contributed by atoms with van der Waals surface area (Å²) >= 11 is 3.24. The molecule has 1 aromatic rings. The Balaban J connectivity index is 2.89. The molecule has 0 unspecified atom stereocenters. The van der Waals surface area contributed by atoms with E-state index in [0.717, 1.165) is 0 Å². The molecule has 5 nitrogen and oxygen atoms in total. The molecule has 1 rings (SSSR count). The van der Waals surface area contributed by atoms with Crippen LogP contribution in [0.2, 0.25) is 0 Å². The second-order valence-corrected chi connectivity index (χ2v) is 5.65. The third-order valence-corrected chi connectivity index (χ3v) is 2.42. The van der Waals surface area contributed by atoms with E-state index in [1.54, 1.807) is 32.9 Å². The first-order chi connectivity index (χ1) is 8.19. The Kier molecular flexibility index (Phi) is 4.72. The third kappa shape index (κ3) is 4.64. The van der Waals surface area contributed by atoms with Crippen LogP contribution in [-0.4, -0.2) is 21.9 Å². The van der Waals surface area contributed by atoms with Gasteiger partial charge in [0.25, 0.3) is 0 Å². The van der Waals surface area contributed by atoms with Crippen LogP contribution < -0.4 is 5.32 Å². The number of hydrogen-bond donors (Lipinski definition) is 3. The van der Waals surface area contributed by atoms with Crippen LogP contribution in [-0.2, 0) is 4.74 Å². The zero-order valence-electron chi connectivity index (χ0n) is 10.4. The Morgan fingerprint density at radius 1 is 1.39 bits per heavy atom. The van der Waals surface area contributed by atoms with E-state index in [0.29, 0.717) is 4.47 Å². The molecule has 3 N–H and O–H groups in total. The smallest absolute Gasteiger partial charge is 0.412 e. The fraction of sp³-hybridized carbons (Fsp3) is 0.417. The Morgan fingerprint density at radius 2 is 2.00 bits per heavy atom. The highest BCUT2D eigenvalue weighted by molar-refractivity contribution is 9.10. The summed E-state index contributed by atoms with van der Waals surface area (Å²) in [6.45, 7) is 5.24. The van der Waals surface area contributed by atoms with Crippen molar-refractivity contribution in [2.45, 2.75) is 32.7 Å². The van der Waals surface area contributed by atoms with Crippen LogP contribution in [0, 0.1) is 0 Å². The predicted molar refractivity (Wildman–Crippen MR) is 71.2 cm³/mol. The highest BCUT2D eigenvalue weighted by atomic mass is 79.9. The summed E-state index contributed by atoms with van der Waals surface area (Å²) in [4.78, 5) is 11.6. The van der Waals surface area contributed by atoms with Crippen LogP contribution in [0.25, 0.3) is 0 Å². The van der Waals surface area contributed by atoms with Gasteiger partial charge < -0.3 is 14.9 Å². The van der Waals surface area contributed by atoms with Gasteiger partial charge in [-0.1, -0.05) is 22.0 Å². The van der Waals surface area contributed by atoms with Crippen LogP contribution in [0.1, 0.15) is 32.6 Å². The number of ether oxygens (including phenoxy) is 1. The number of anilines is 1. The molecule has 0 spiro atoms. The monoisotopic (exact) mass is 317 g/mol. The van der Waals surface area contributed by atoms with Crippen molar-refractivity contribution in [3.8, 4) is 0 Å². The normalized spacial score (nSPS) is 11.5. The minimum Gasteiger partial charge on any atom is -0.444 e. The van der Waals surface area contributed by atoms with Gasteiger partial charge in [0.1, 0.15) is 5.60 Å². The van der Waals surface area contributed by atoms with Crippen molar-refractivity contribution in [2.24, 2.45) is 0 Å². The summed E-state index contributed by atoms with van der Waals surface area (Å²) in [6, 6.07) is 4.72. The van der Waals surface area contributed by atoms with Gasteiger partial charge in [-0.05, 0) is 32.9 Å². The van der Waals surface area contributed by atoms with E-state index in [1.165, 1.54) is 6.07 Å². The zero-order valence-corrected chi connectivity index (χ0v) is 12.0. The quantitative estimate of drug-likeness (QED) is 0.733. The Labute approximate surface area is 114 Å². The van der Waals surface area contributed by atoms with Crippen LogP contribution in [0.15, 0.2) is 22.7 Å². The van der Waals surface area contributed by atoms with Gasteiger partial charge in [-0.15, -0.1) is 0 Å². The number of hydrogen-bond acceptors (Lipinski definition) is 4. The fourth-order valence-electron chi connectivity index (χ4n) is 1.28. The lowest BCUT2D eigenvalue weighted by Gasteiger charge is -2.20. The van der Waals surface area contributed by atoms with Gasteiger partial charge in [0.15, 0.2) is 6.29 Å². The minimum absolute atomic E-state index is 0.198. The molecule has 0 radical (unpaired) electrons. The summed E-state index contributed by atoms with van der Waals surface area (Å²) in [6.07, 6.45) is -2.31. The number of rotatable bonds is 2. The lowest BCUT2D eigenvalue weighted by atomic mass is 10.1. The summed E-state index contributed by atoms with van der Waals surface area (Å²) in [7, 11) is 0. The van der Waals surface area contributed by atoms with E-state index in [1.807, 2.05) is 0 Å². The van der Waals surface area contributed by atoms with Crippen LogP contribution >= 0.6 is 15.9 Å². The molecular weight excluding hydrogens is 302 g/mol. The third-order valence-electron chi connectivity index (χ3n) is 1.93. The second-order valence-electron chi connectivity index (χ2n) is 4.73. The maximum Gasteiger partial charge on any atom is 0.412 e. The largest absolute Gasteiger partial charge is 0.444 e. The average Bonchev–Trinajstić information content (AvgIpc) is 2.13. The first kappa shape index (κ1) is 14.9. The molecule has 18 heavy (non-hydrogen) atoms. The lowest BCUT2D eigenvalue weighted by molar-refractivity contribution is -0.0419. The Hall–Kier alpha value is -1.11. The number of nitrogens with one attached hydrogen (secondary N) is 1. The van der Waals surface area contributed by atoms with Gasteiger partial charge in [0.05, 0.1) is 5.69 Å². The molecule has 0 aliphatic carbocycles. The van der Waals surface area contributed by atoms with E-state index in [9.17, 15) is 15.0 Å². The Bertz CT molecular complexity index is 440. The highest BCUT2D eigenvalue weighted by Crippen LogP contribution is 2.26. The van der Waals surface area contributed by atoms with E-state index in [-0.39, 0.29) is 11.3 Å². The van der Waals surface area contributed by atoms with Crippen LogP contribution in [0.3, 0.4) is 0 Å². The van der Waals surface area contributed by atoms with Crippen LogP contribution in [0.5, 0.6) is 0 Å². The molecule has 1 aromatic carbocycles. The van der Waals surface area contributed by atoms with Crippen molar-refractivity contribution >= 4 is 27.7 Å².